The number of aliphatic hydroxyl groups is 3. The van der Waals surface area contributed by atoms with Gasteiger partial charge in [0.2, 0.25) is 1.43 Å². The van der Waals surface area contributed by atoms with Crippen molar-refractivity contribution in [3.63, 3.8) is 0 Å². The molecule has 0 rings (SSSR count). The molecular formula is C4H14O3. The fraction of sp³-hybridized carbons (Fsp3) is 1.00. The predicted molar refractivity (Wildman–Crippen MR) is 29.0 cm³/mol. The first-order valence-electron chi connectivity index (χ1n) is 3.58. The van der Waals surface area contributed by atoms with E-state index in [4.69, 9.17) is 15.8 Å². The van der Waals surface area contributed by atoms with Gasteiger partial charge >= 0.3 is 0 Å². The summed E-state index contributed by atoms with van der Waals surface area (Å²) in [6, 6.07) is 0. The average Bonchev–Trinajstić information content (AvgIpc) is 1.93. The number of aliphatic hydroxyl groups excluding tert-OH is 2. The zero-order valence-corrected chi connectivity index (χ0v) is 4.51. The minimum atomic E-state index is -2.54. The van der Waals surface area contributed by atoms with Gasteiger partial charge in [-0.2, -0.15) is 0 Å². The Bertz CT molecular complexity index is 55.8. The van der Waals surface area contributed by atoms with Crippen LogP contribution in [0.3, 0.4) is 0 Å². The molecule has 0 amide bonds. The van der Waals surface area contributed by atoms with Crippen LogP contribution in [-0.2, 0) is 0 Å². The Labute approximate surface area is 49.9 Å². The molecule has 3 N–H and O–H groups in total. The molecule has 0 aromatic carbocycles. The van der Waals surface area contributed by atoms with Gasteiger partial charge < -0.3 is 15.3 Å². The van der Waals surface area contributed by atoms with Crippen molar-refractivity contribution in [2.75, 3.05) is 20.8 Å². The van der Waals surface area contributed by atoms with E-state index >= 15 is 0 Å². The van der Waals surface area contributed by atoms with Crippen LogP contribution in [0.25, 0.3) is 0 Å². The molecule has 0 spiro atoms. The van der Waals surface area contributed by atoms with E-state index < -0.39 is 7.04 Å². The largest absolute Gasteiger partial charge is 0.400 e. The Morgan fingerprint density at radius 1 is 1.71 bits per heavy atom. The van der Waals surface area contributed by atoms with Crippen molar-refractivity contribution in [3.05, 3.63) is 0 Å². The highest BCUT2D eigenvalue weighted by Crippen LogP contribution is 1.30. The summed E-state index contributed by atoms with van der Waals surface area (Å²) in [4.78, 5) is 0. The van der Waals surface area contributed by atoms with Gasteiger partial charge in [0.25, 0.3) is 0 Å². The van der Waals surface area contributed by atoms with Crippen molar-refractivity contribution in [3.8, 4) is 0 Å². The van der Waals surface area contributed by atoms with Crippen LogP contribution in [0, 0.1) is 0 Å². The van der Waals surface area contributed by atoms with E-state index in [9.17, 15) is 0 Å². The third kappa shape index (κ3) is 6150. The molecule has 0 aliphatic heterocycles. The van der Waals surface area contributed by atoms with Gasteiger partial charge in [-0.15, -0.1) is 0 Å². The van der Waals surface area contributed by atoms with Crippen LogP contribution in [0.4, 0.5) is 0 Å². The molecule has 7 heavy (non-hydrogen) atoms. The smallest absolute Gasteiger partial charge is 0.210 e. The molecule has 0 unspecified atom stereocenters. The summed E-state index contributed by atoms with van der Waals surface area (Å²) in [6.07, 6.45) is 0. The van der Waals surface area contributed by atoms with E-state index in [1.165, 1.54) is 0 Å². The van der Waals surface area contributed by atoms with Crippen LogP contribution in [0.5, 0.6) is 0 Å². The first-order chi connectivity index (χ1) is 4.97. The highest BCUT2D eigenvalue weighted by Gasteiger charge is 1.34. The third-order valence-electron chi connectivity index (χ3n) is 0. The lowest BCUT2D eigenvalue weighted by molar-refractivity contribution is 0.318. The molecule has 0 aromatic rings. The highest BCUT2D eigenvalue weighted by atomic mass is 16.2. The number of hydrogen-bond acceptors (Lipinski definition) is 3. The molecule has 0 saturated heterocycles. The molecule has 0 heterocycles. The first-order valence-corrected chi connectivity index (χ1v) is 1.67. The quantitative estimate of drug-likeness (QED) is 0.387. The summed E-state index contributed by atoms with van der Waals surface area (Å²) in [6.45, 7) is 1.93. The molecule has 0 aliphatic carbocycles. The van der Waals surface area contributed by atoms with E-state index in [0.717, 1.165) is 7.11 Å². The molecule has 0 atom stereocenters. The van der Waals surface area contributed by atoms with E-state index in [0.29, 0.717) is 0 Å². The molecule has 0 saturated carbocycles. The maximum Gasteiger partial charge on any atom is 0.210 e. The predicted octanol–water partition coefficient (Wildman–Crippen LogP) is -0.784. The first kappa shape index (κ1) is 3.83. The fourth-order valence-corrected chi connectivity index (χ4v) is 0. The molecule has 0 aromatic heterocycles. The van der Waals surface area contributed by atoms with Crippen LogP contribution < -0.4 is 0 Å². The fourth-order valence-electron chi connectivity index (χ4n) is 0. The van der Waals surface area contributed by atoms with E-state index in [1.807, 2.05) is 0 Å². The van der Waals surface area contributed by atoms with Gasteiger partial charge in [0, 0.05) is 20.8 Å². The van der Waals surface area contributed by atoms with Gasteiger partial charge in [0.05, 0.1) is 4.11 Å². The standard InChI is InChI=1S/C2H6O.2CH4O/c1-2-3;2*1-2/h3H,2H2,1H3;2*2H,1H3/i;1D3,2D;. The minimum absolute atomic E-state index is 0.250. The van der Waals surface area contributed by atoms with Crippen molar-refractivity contribution in [1.29, 1.82) is 1.43 Å². The van der Waals surface area contributed by atoms with Crippen LogP contribution in [-0.4, -0.2) is 37.5 Å². The second kappa shape index (κ2) is 181. The van der Waals surface area contributed by atoms with Gasteiger partial charge in [-0.3, -0.25) is 0 Å². The topological polar surface area (TPSA) is 60.7 Å². The van der Waals surface area contributed by atoms with Crippen LogP contribution in [0.15, 0.2) is 0 Å². The van der Waals surface area contributed by atoms with Gasteiger partial charge in [-0.05, 0) is 6.92 Å². The Balaban J connectivity index is -0.000000109. The van der Waals surface area contributed by atoms with Gasteiger partial charge in [-0.25, -0.2) is 0 Å². The Morgan fingerprint density at radius 3 is 1.86 bits per heavy atom. The second-order valence-corrected chi connectivity index (χ2v) is 0.316. The molecule has 48 valence electrons. The van der Waals surface area contributed by atoms with Crippen LogP contribution in [0.1, 0.15) is 11.0 Å². The second-order valence-electron chi connectivity index (χ2n) is 0.316. The zero-order valence-electron chi connectivity index (χ0n) is 8.51. The molecule has 0 aliphatic rings. The summed E-state index contributed by atoms with van der Waals surface area (Å²) in [5, 5.41) is 17.8. The molecule has 0 bridgehead atoms. The lowest BCUT2D eigenvalue weighted by Crippen LogP contribution is -1.57. The minimum Gasteiger partial charge on any atom is -0.400 e. The molecule has 0 fully saturated rings. The van der Waals surface area contributed by atoms with Crippen molar-refractivity contribution >= 4 is 0 Å². The maximum atomic E-state index is 7.57. The summed E-state index contributed by atoms with van der Waals surface area (Å²) in [5.74, 6) is 0. The zero-order chi connectivity index (χ0) is 9.91. The van der Waals surface area contributed by atoms with Gasteiger partial charge in [0.15, 0.2) is 0 Å². The van der Waals surface area contributed by atoms with E-state index in [1.54, 1.807) is 6.92 Å². The lowest BCUT2D eigenvalue weighted by atomic mass is 10.9. The monoisotopic (exact) mass is 114 g/mol. The SMILES string of the molecule is CCO.CO.[2H]OC([2H])([2H])[2H]. The number of rotatable bonds is 0. The van der Waals surface area contributed by atoms with Crippen molar-refractivity contribution in [2.45, 2.75) is 6.92 Å². The molecular weight excluding hydrogens is 96.0 g/mol. The third-order valence-corrected chi connectivity index (χ3v) is 0. The summed E-state index contributed by atoms with van der Waals surface area (Å²) in [7, 11) is -1.54. The molecule has 3 nitrogen and oxygen atoms in total. The maximum absolute atomic E-state index is 7.57. The highest BCUT2D eigenvalue weighted by molar-refractivity contribution is 3.84. The Hall–Kier alpha value is -0.120. The Kier molecular flexibility index (Phi) is 99.0. The van der Waals surface area contributed by atoms with E-state index in [-0.39, 0.29) is 6.61 Å². The summed E-state index contributed by atoms with van der Waals surface area (Å²) in [5.41, 5.74) is 0. The number of hydrogen-bond donors (Lipinski definition) is 3. The van der Waals surface area contributed by atoms with Crippen molar-refractivity contribution in [2.24, 2.45) is 0 Å². The molecule has 0 radical (unpaired) electrons. The normalized spacial score (nSPS) is 14.3. The van der Waals surface area contributed by atoms with Gasteiger partial charge in [0.1, 0.15) is 0 Å². The van der Waals surface area contributed by atoms with E-state index in [2.05, 4.69) is 5.11 Å². The average molecular weight is 114 g/mol. The van der Waals surface area contributed by atoms with Gasteiger partial charge in [-0.1, -0.05) is 0 Å². The Morgan fingerprint density at radius 2 is 1.86 bits per heavy atom. The van der Waals surface area contributed by atoms with Crippen LogP contribution in [0.2, 0.25) is 0 Å². The lowest BCUT2D eigenvalue weighted by Gasteiger charge is -1.52. The van der Waals surface area contributed by atoms with Crippen LogP contribution >= 0.6 is 0 Å². The van der Waals surface area contributed by atoms with Crippen molar-refractivity contribution < 1.29 is 19.4 Å². The summed E-state index contributed by atoms with van der Waals surface area (Å²) >= 11 is 0. The molecule has 3 heteroatoms. The summed E-state index contributed by atoms with van der Waals surface area (Å²) < 4.78 is 24.1. The van der Waals surface area contributed by atoms with Crippen molar-refractivity contribution in [1.82, 2.24) is 0 Å².